The standard InChI is InChI=1S/C30H49N5O/c1-7-8-17-30(5,6)29(36)31-27(23-12-10-9-11-13-23)16-18-34-24-14-15-25(34)20-26(19-24)35-22(4)32-33-28(35)21(2)3/h9-13,21-22,24-27,32H,7-8,14-20H2,1-6H3,(H,31,36)/t22?,24?,25?,26?,27-/m0/s1. The first-order chi connectivity index (χ1) is 17.2. The molecule has 0 aliphatic carbocycles. The highest BCUT2D eigenvalue weighted by atomic mass is 16.2. The van der Waals surface area contributed by atoms with Crippen molar-refractivity contribution in [2.24, 2.45) is 16.4 Å². The van der Waals surface area contributed by atoms with E-state index in [1.54, 1.807) is 0 Å². The maximum atomic E-state index is 13.3. The quantitative estimate of drug-likeness (QED) is 0.415. The number of nitrogens with one attached hydrogen (secondary N) is 2. The van der Waals surface area contributed by atoms with Gasteiger partial charge in [-0.15, -0.1) is 0 Å². The van der Waals surface area contributed by atoms with E-state index in [-0.39, 0.29) is 23.5 Å². The summed E-state index contributed by atoms with van der Waals surface area (Å²) < 4.78 is 0. The molecule has 0 aromatic heterocycles. The van der Waals surface area contributed by atoms with Crippen LogP contribution >= 0.6 is 0 Å². The molecule has 1 aromatic carbocycles. The Morgan fingerprint density at radius 1 is 1.14 bits per heavy atom. The van der Waals surface area contributed by atoms with Crippen molar-refractivity contribution >= 4 is 11.7 Å². The van der Waals surface area contributed by atoms with Gasteiger partial charge < -0.3 is 10.2 Å². The van der Waals surface area contributed by atoms with Crippen LogP contribution in [0.5, 0.6) is 0 Å². The monoisotopic (exact) mass is 495 g/mol. The molecule has 4 rings (SSSR count). The van der Waals surface area contributed by atoms with Crippen molar-refractivity contribution in [1.82, 2.24) is 20.5 Å². The lowest BCUT2D eigenvalue weighted by Gasteiger charge is -2.45. The molecule has 3 unspecified atom stereocenters. The molecule has 1 amide bonds. The molecule has 6 nitrogen and oxygen atoms in total. The zero-order valence-corrected chi connectivity index (χ0v) is 23.5. The molecule has 36 heavy (non-hydrogen) atoms. The first kappa shape index (κ1) is 27.0. The highest BCUT2D eigenvalue weighted by molar-refractivity contribution is 5.85. The lowest BCUT2D eigenvalue weighted by molar-refractivity contribution is -0.130. The molecule has 6 heteroatoms. The van der Waals surface area contributed by atoms with E-state index in [9.17, 15) is 4.79 Å². The number of unbranched alkanes of at least 4 members (excludes halogenated alkanes) is 1. The van der Waals surface area contributed by atoms with Crippen molar-refractivity contribution in [3.05, 3.63) is 35.9 Å². The number of carbonyl (C=O) groups is 1. The topological polar surface area (TPSA) is 60.0 Å². The number of rotatable bonds is 11. The molecule has 2 N–H and O–H groups in total. The molecule has 3 aliphatic rings. The molecule has 2 saturated heterocycles. The third-order valence-corrected chi connectivity index (χ3v) is 8.77. The number of benzene rings is 1. The SMILES string of the molecule is CCCCC(C)(C)C(=O)N[C@@H](CCN1C2CCC1CC(N1C(C(C)C)=NNC1C)C2)c1ccccc1. The minimum atomic E-state index is -0.337. The largest absolute Gasteiger partial charge is 0.349 e. The fourth-order valence-corrected chi connectivity index (χ4v) is 6.62. The van der Waals surface area contributed by atoms with Gasteiger partial charge in [-0.1, -0.05) is 77.8 Å². The van der Waals surface area contributed by atoms with Gasteiger partial charge in [0.1, 0.15) is 12.0 Å². The van der Waals surface area contributed by atoms with Crippen LogP contribution in [-0.2, 0) is 4.79 Å². The van der Waals surface area contributed by atoms with Crippen molar-refractivity contribution < 1.29 is 4.79 Å². The maximum Gasteiger partial charge on any atom is 0.226 e. The Balaban J connectivity index is 1.41. The molecule has 0 saturated carbocycles. The van der Waals surface area contributed by atoms with Gasteiger partial charge in [0.15, 0.2) is 0 Å². The Hall–Kier alpha value is -2.08. The first-order valence-corrected chi connectivity index (χ1v) is 14.4. The molecule has 2 bridgehead atoms. The summed E-state index contributed by atoms with van der Waals surface area (Å²) in [5.74, 6) is 1.84. The number of hydrogen-bond donors (Lipinski definition) is 2. The van der Waals surface area contributed by atoms with Crippen LogP contribution in [0.15, 0.2) is 35.4 Å². The van der Waals surface area contributed by atoms with Crippen LogP contribution in [0, 0.1) is 11.3 Å². The second-order valence-electron chi connectivity index (χ2n) is 12.3. The molecule has 200 valence electrons. The maximum absolute atomic E-state index is 13.3. The number of amidine groups is 1. The highest BCUT2D eigenvalue weighted by Gasteiger charge is 2.45. The van der Waals surface area contributed by atoms with Crippen molar-refractivity contribution in [3.8, 4) is 0 Å². The molecule has 4 atom stereocenters. The van der Waals surface area contributed by atoms with Gasteiger partial charge >= 0.3 is 0 Å². The van der Waals surface area contributed by atoms with E-state index < -0.39 is 0 Å². The van der Waals surface area contributed by atoms with Gasteiger partial charge in [0.05, 0.1) is 6.04 Å². The summed E-state index contributed by atoms with van der Waals surface area (Å²) >= 11 is 0. The van der Waals surface area contributed by atoms with E-state index >= 15 is 0 Å². The average Bonchev–Trinajstić information content (AvgIpc) is 3.36. The second-order valence-corrected chi connectivity index (χ2v) is 12.3. The number of nitrogens with zero attached hydrogens (tertiary/aromatic N) is 3. The van der Waals surface area contributed by atoms with Crippen LogP contribution in [0.2, 0.25) is 0 Å². The van der Waals surface area contributed by atoms with E-state index in [4.69, 9.17) is 0 Å². The summed E-state index contributed by atoms with van der Waals surface area (Å²) in [6.07, 6.45) is 9.37. The van der Waals surface area contributed by atoms with Crippen molar-refractivity contribution in [2.75, 3.05) is 6.54 Å². The van der Waals surface area contributed by atoms with Crippen molar-refractivity contribution in [3.63, 3.8) is 0 Å². The van der Waals surface area contributed by atoms with E-state index in [0.717, 1.165) is 32.2 Å². The van der Waals surface area contributed by atoms with E-state index in [2.05, 4.69) is 97.5 Å². The summed E-state index contributed by atoms with van der Waals surface area (Å²) in [7, 11) is 0. The zero-order chi connectivity index (χ0) is 25.9. The summed E-state index contributed by atoms with van der Waals surface area (Å²) in [4.78, 5) is 18.6. The van der Waals surface area contributed by atoms with Crippen LogP contribution in [-0.4, -0.2) is 52.4 Å². The molecule has 2 fully saturated rings. The minimum absolute atomic E-state index is 0.0548. The predicted molar refractivity (Wildman–Crippen MR) is 148 cm³/mol. The lowest BCUT2D eigenvalue weighted by atomic mass is 9.85. The van der Waals surface area contributed by atoms with Gasteiger partial charge in [-0.05, 0) is 51.0 Å². The first-order valence-electron chi connectivity index (χ1n) is 14.4. The molecule has 0 spiro atoms. The molecule has 0 radical (unpaired) electrons. The van der Waals surface area contributed by atoms with Crippen LogP contribution in [0.25, 0.3) is 0 Å². The smallest absolute Gasteiger partial charge is 0.226 e. The lowest BCUT2D eigenvalue weighted by Crippen LogP contribution is -2.55. The van der Waals surface area contributed by atoms with Gasteiger partial charge in [-0.25, -0.2) is 0 Å². The van der Waals surface area contributed by atoms with E-state index in [0.29, 0.717) is 24.0 Å². The predicted octanol–water partition coefficient (Wildman–Crippen LogP) is 5.67. The Morgan fingerprint density at radius 2 is 1.81 bits per heavy atom. The number of piperidine rings is 1. The summed E-state index contributed by atoms with van der Waals surface area (Å²) in [6, 6.07) is 12.4. The van der Waals surface area contributed by atoms with Gasteiger partial charge in [-0.2, -0.15) is 5.10 Å². The third kappa shape index (κ3) is 5.90. The van der Waals surface area contributed by atoms with E-state index in [1.165, 1.54) is 37.1 Å². The van der Waals surface area contributed by atoms with E-state index in [1.807, 2.05) is 0 Å². The molecule has 3 heterocycles. The Kier molecular flexibility index (Phi) is 8.64. The molecular weight excluding hydrogens is 446 g/mol. The molecular formula is C30H49N5O. The number of fused-ring (bicyclic) bond motifs is 2. The molecule has 3 aliphatic heterocycles. The van der Waals surface area contributed by atoms with Gasteiger partial charge in [-0.3, -0.25) is 15.1 Å². The van der Waals surface area contributed by atoms with Crippen LogP contribution in [0.4, 0.5) is 0 Å². The van der Waals surface area contributed by atoms with Crippen LogP contribution in [0.1, 0.15) is 105 Å². The number of hydrogen-bond acceptors (Lipinski definition) is 5. The zero-order valence-electron chi connectivity index (χ0n) is 23.5. The van der Waals surface area contributed by atoms with Crippen molar-refractivity contribution in [2.45, 2.75) is 123 Å². The van der Waals surface area contributed by atoms with Gasteiger partial charge in [0, 0.05) is 36.0 Å². The minimum Gasteiger partial charge on any atom is -0.349 e. The summed E-state index contributed by atoms with van der Waals surface area (Å²) in [5.41, 5.74) is 4.20. The number of amides is 1. The van der Waals surface area contributed by atoms with Gasteiger partial charge in [0.25, 0.3) is 0 Å². The molecule has 1 aromatic rings. The van der Waals surface area contributed by atoms with Crippen molar-refractivity contribution in [1.29, 1.82) is 0 Å². The highest BCUT2D eigenvalue weighted by Crippen LogP contribution is 2.39. The normalized spacial score (nSPS) is 27.2. The summed E-state index contributed by atoms with van der Waals surface area (Å²) in [5, 5.41) is 8.11. The average molecular weight is 496 g/mol. The van der Waals surface area contributed by atoms with Crippen LogP contribution < -0.4 is 10.7 Å². The van der Waals surface area contributed by atoms with Crippen LogP contribution in [0.3, 0.4) is 0 Å². The van der Waals surface area contributed by atoms with Gasteiger partial charge in [0.2, 0.25) is 5.91 Å². The summed E-state index contributed by atoms with van der Waals surface area (Å²) in [6.45, 7) is 14.1. The fraction of sp³-hybridized carbons (Fsp3) is 0.733. The number of carbonyl (C=O) groups excluding carboxylic acids is 1. The number of hydrazone groups is 1. The Morgan fingerprint density at radius 3 is 2.42 bits per heavy atom. The Labute approximate surface area is 219 Å². The Bertz CT molecular complexity index is 884. The fourth-order valence-electron chi connectivity index (χ4n) is 6.62. The third-order valence-electron chi connectivity index (χ3n) is 8.77. The second kappa shape index (κ2) is 11.5.